The van der Waals surface area contributed by atoms with E-state index in [1.807, 2.05) is 42.2 Å². The lowest BCUT2D eigenvalue weighted by Gasteiger charge is -2.38. The molecule has 200 valence electrons. The van der Waals surface area contributed by atoms with Crippen LogP contribution in [0.3, 0.4) is 0 Å². The summed E-state index contributed by atoms with van der Waals surface area (Å²) in [5.74, 6) is 2.56. The monoisotopic (exact) mass is 526 g/mol. The van der Waals surface area contributed by atoms with Crippen molar-refractivity contribution >= 4 is 28.6 Å². The van der Waals surface area contributed by atoms with Crippen LogP contribution < -0.4 is 20.7 Å². The van der Waals surface area contributed by atoms with E-state index in [1.54, 1.807) is 6.07 Å². The largest absolute Gasteiger partial charge is 0.439 e. The smallest absolute Gasteiger partial charge is 0.417 e. The van der Waals surface area contributed by atoms with Crippen LogP contribution in [0.4, 0.5) is 16.3 Å². The molecule has 0 radical (unpaired) electrons. The number of ether oxygens (including phenoxy) is 1. The zero-order chi connectivity index (χ0) is 26.5. The third-order valence-corrected chi connectivity index (χ3v) is 7.95. The van der Waals surface area contributed by atoms with Gasteiger partial charge in [-0.3, -0.25) is 4.98 Å². The molecule has 39 heavy (non-hydrogen) atoms. The molecular weight excluding hydrogens is 496 g/mol. The summed E-state index contributed by atoms with van der Waals surface area (Å²) in [5.41, 5.74) is 4.07. The van der Waals surface area contributed by atoms with Crippen LogP contribution in [0.2, 0.25) is 0 Å². The van der Waals surface area contributed by atoms with Crippen LogP contribution in [0.5, 0.6) is 11.6 Å². The van der Waals surface area contributed by atoms with Gasteiger partial charge >= 0.3 is 11.8 Å². The van der Waals surface area contributed by atoms with Gasteiger partial charge in [0, 0.05) is 49.4 Å². The van der Waals surface area contributed by atoms with Gasteiger partial charge < -0.3 is 24.3 Å². The van der Waals surface area contributed by atoms with Crippen LogP contribution in [-0.4, -0.2) is 51.6 Å². The van der Waals surface area contributed by atoms with E-state index in [2.05, 4.69) is 21.3 Å². The topological polar surface area (TPSA) is 117 Å². The number of oxazole rings is 1. The van der Waals surface area contributed by atoms with Crippen molar-refractivity contribution in [1.82, 2.24) is 19.9 Å². The molecule has 2 aliphatic heterocycles. The summed E-state index contributed by atoms with van der Waals surface area (Å²) in [6, 6.07) is 13.7. The maximum Gasteiger partial charge on any atom is 0.417 e. The molecule has 2 N–H and O–H groups in total. The molecular formula is C29H30N6O4. The Morgan fingerprint density at radius 1 is 1.00 bits per heavy atom. The number of carbonyl (C=O) groups is 1. The summed E-state index contributed by atoms with van der Waals surface area (Å²) in [6.07, 6.45) is 4.74. The number of benzene rings is 2. The van der Waals surface area contributed by atoms with Crippen molar-refractivity contribution in [2.75, 3.05) is 29.9 Å². The number of H-pyrrole nitrogens is 1. The molecule has 10 heteroatoms. The molecule has 10 nitrogen and oxygen atoms in total. The van der Waals surface area contributed by atoms with Crippen LogP contribution in [0.1, 0.15) is 48.6 Å². The van der Waals surface area contributed by atoms with Gasteiger partial charge in [-0.15, -0.1) is 0 Å². The lowest BCUT2D eigenvalue weighted by Crippen LogP contribution is -2.49. The molecule has 4 heterocycles. The Kier molecular flexibility index (Phi) is 5.75. The van der Waals surface area contributed by atoms with E-state index in [9.17, 15) is 9.59 Å². The van der Waals surface area contributed by atoms with Crippen molar-refractivity contribution in [3.05, 3.63) is 70.0 Å². The number of rotatable bonds is 5. The van der Waals surface area contributed by atoms with Gasteiger partial charge in [0.05, 0.1) is 5.52 Å². The zero-order valence-electron chi connectivity index (χ0n) is 21.8. The third kappa shape index (κ3) is 4.71. The van der Waals surface area contributed by atoms with Crippen LogP contribution in [0.15, 0.2) is 51.7 Å². The lowest BCUT2D eigenvalue weighted by atomic mass is 10.0. The highest BCUT2D eigenvalue weighted by Crippen LogP contribution is 2.40. The van der Waals surface area contributed by atoms with Crippen LogP contribution in [0, 0.1) is 6.92 Å². The van der Waals surface area contributed by atoms with E-state index in [0.717, 1.165) is 74.6 Å². The van der Waals surface area contributed by atoms with Crippen molar-refractivity contribution in [2.24, 2.45) is 0 Å². The zero-order valence-corrected chi connectivity index (χ0v) is 21.8. The number of nitrogens with zero attached hydrogens (tertiary/aromatic N) is 4. The first-order valence-corrected chi connectivity index (χ1v) is 13.6. The fourth-order valence-corrected chi connectivity index (χ4v) is 5.68. The molecule has 1 saturated heterocycles. The van der Waals surface area contributed by atoms with Gasteiger partial charge in [-0.25, -0.2) is 14.6 Å². The average molecular weight is 527 g/mol. The van der Waals surface area contributed by atoms with E-state index in [0.29, 0.717) is 28.6 Å². The van der Waals surface area contributed by atoms with E-state index in [1.165, 1.54) is 5.56 Å². The number of hydrogen-bond acceptors (Lipinski definition) is 7. The summed E-state index contributed by atoms with van der Waals surface area (Å²) < 4.78 is 11.4. The van der Waals surface area contributed by atoms with Gasteiger partial charge in [-0.05, 0) is 62.3 Å². The first kappa shape index (κ1) is 23.8. The van der Waals surface area contributed by atoms with Gasteiger partial charge in [0.15, 0.2) is 5.58 Å². The molecule has 3 aliphatic rings. The molecule has 1 aliphatic carbocycles. The van der Waals surface area contributed by atoms with Crippen LogP contribution in [0.25, 0.3) is 11.1 Å². The second-order valence-corrected chi connectivity index (χ2v) is 10.7. The standard InChI is InChI=1S/C29H30N6O4/c1-17-14-21(15-23-26(17)33-29(37)39-23)38-25-16-24(31-27(32-25)19-6-7-19)34-11-9-20(10-12-34)35-13-8-18-4-2-3-5-22(18)30-28(35)36/h2-5,14-16,19-20H,6-13H2,1H3,(H,30,36)(H,33,37). The predicted octanol–water partition coefficient (Wildman–Crippen LogP) is 4.95. The van der Waals surface area contributed by atoms with Crippen molar-refractivity contribution in [3.8, 4) is 11.6 Å². The molecule has 7 rings (SSSR count). The number of fused-ring (bicyclic) bond motifs is 2. The molecule has 4 aromatic rings. The summed E-state index contributed by atoms with van der Waals surface area (Å²) in [7, 11) is 0. The summed E-state index contributed by atoms with van der Waals surface area (Å²) >= 11 is 0. The summed E-state index contributed by atoms with van der Waals surface area (Å²) in [5, 5.41) is 3.10. The van der Waals surface area contributed by atoms with Gasteiger partial charge in [0.1, 0.15) is 17.4 Å². The molecule has 0 unspecified atom stereocenters. The Morgan fingerprint density at radius 2 is 1.82 bits per heavy atom. The number of hydrogen-bond donors (Lipinski definition) is 2. The summed E-state index contributed by atoms with van der Waals surface area (Å²) in [6.45, 7) is 4.20. The number of aromatic amines is 1. The van der Waals surface area contributed by atoms with Gasteiger partial charge in [-0.2, -0.15) is 4.98 Å². The van der Waals surface area contributed by atoms with E-state index in [-0.39, 0.29) is 12.1 Å². The highest BCUT2D eigenvalue weighted by atomic mass is 16.5. The highest BCUT2D eigenvalue weighted by Gasteiger charge is 2.32. The second kappa shape index (κ2) is 9.44. The quantitative estimate of drug-likeness (QED) is 0.378. The van der Waals surface area contributed by atoms with E-state index < -0.39 is 5.76 Å². The number of aromatic nitrogens is 3. The molecule has 0 bridgehead atoms. The van der Waals surface area contributed by atoms with Gasteiger partial charge in [-0.1, -0.05) is 18.2 Å². The second-order valence-electron chi connectivity index (χ2n) is 10.7. The maximum absolute atomic E-state index is 13.0. The van der Waals surface area contributed by atoms with E-state index in [4.69, 9.17) is 19.1 Å². The van der Waals surface area contributed by atoms with E-state index >= 15 is 0 Å². The number of nitrogens with one attached hydrogen (secondary N) is 2. The van der Waals surface area contributed by atoms with Crippen LogP contribution >= 0.6 is 0 Å². The van der Waals surface area contributed by atoms with Crippen molar-refractivity contribution < 1.29 is 13.9 Å². The van der Waals surface area contributed by atoms with Gasteiger partial charge in [0.25, 0.3) is 0 Å². The minimum Gasteiger partial charge on any atom is -0.439 e. The Labute approximate surface area is 225 Å². The Balaban J connectivity index is 1.08. The SMILES string of the molecule is Cc1cc(Oc2cc(N3CCC(N4CCc5ccccc5NC4=O)CC3)nc(C3CC3)n2)cc2oc(=O)[nH]c12. The number of aryl methyl sites for hydroxylation is 1. The Hall–Kier alpha value is -4.34. The fraction of sp³-hybridized carbons (Fsp3) is 0.379. The van der Waals surface area contributed by atoms with Crippen LogP contribution in [-0.2, 0) is 6.42 Å². The molecule has 2 fully saturated rings. The molecule has 2 aromatic carbocycles. The minimum absolute atomic E-state index is 0.0161. The molecule has 1 saturated carbocycles. The van der Waals surface area contributed by atoms with Crippen molar-refractivity contribution in [3.63, 3.8) is 0 Å². The number of para-hydroxylation sites is 1. The van der Waals surface area contributed by atoms with Crippen molar-refractivity contribution in [2.45, 2.75) is 51.0 Å². The average Bonchev–Trinajstić information content (AvgIpc) is 3.73. The van der Waals surface area contributed by atoms with Gasteiger partial charge in [0.2, 0.25) is 5.88 Å². The molecule has 0 atom stereocenters. The number of carbonyl (C=O) groups excluding carboxylic acids is 1. The first-order chi connectivity index (χ1) is 19.0. The fourth-order valence-electron chi connectivity index (χ4n) is 5.68. The highest BCUT2D eigenvalue weighted by molar-refractivity contribution is 5.91. The molecule has 2 aromatic heterocycles. The number of amides is 2. The van der Waals surface area contributed by atoms with Crippen molar-refractivity contribution in [1.29, 1.82) is 0 Å². The third-order valence-electron chi connectivity index (χ3n) is 7.95. The lowest BCUT2D eigenvalue weighted by molar-refractivity contribution is 0.177. The number of anilines is 2. The number of piperidine rings is 1. The summed E-state index contributed by atoms with van der Waals surface area (Å²) in [4.78, 5) is 41.2. The predicted molar refractivity (Wildman–Crippen MR) is 147 cm³/mol. The Morgan fingerprint density at radius 3 is 2.64 bits per heavy atom. The molecule has 2 amide bonds. The minimum atomic E-state index is -0.490. The maximum atomic E-state index is 13.0. The normalized spacial score (nSPS) is 18.1. The molecule has 0 spiro atoms. The number of urea groups is 1. The first-order valence-electron chi connectivity index (χ1n) is 13.6. The Bertz CT molecular complexity index is 1620.